The largest absolute Gasteiger partial charge is 0.459 e. The van der Waals surface area contributed by atoms with E-state index in [0.29, 0.717) is 12.8 Å². The van der Waals surface area contributed by atoms with Gasteiger partial charge in [0.2, 0.25) is 0 Å². The van der Waals surface area contributed by atoms with E-state index in [0.717, 1.165) is 26.2 Å². The molecule has 8 heteroatoms. The van der Waals surface area contributed by atoms with Gasteiger partial charge in [-0.05, 0) is 60.0 Å². The molecule has 1 rings (SSSR count). The van der Waals surface area contributed by atoms with Crippen molar-refractivity contribution in [2.75, 3.05) is 21.2 Å². The Labute approximate surface area is 244 Å². The number of nitrogens with zero attached hydrogens (tertiary/aromatic N) is 1. The molecule has 0 saturated carbocycles. The minimum atomic E-state index is -2.85. The Morgan fingerprint density at radius 1 is 1.05 bits per heavy atom. The van der Waals surface area contributed by atoms with Crippen molar-refractivity contribution in [1.29, 1.82) is 0 Å². The number of ketones is 1. The third-order valence-corrected chi connectivity index (χ3v) is 9.78. The molecule has 0 amide bonds. The lowest BCUT2D eigenvalue weighted by Crippen LogP contribution is -2.58. The van der Waals surface area contributed by atoms with Crippen LogP contribution < -0.4 is 0 Å². The molecule has 0 aromatic carbocycles. The zero-order valence-electron chi connectivity index (χ0n) is 27.9. The molecule has 0 spiro atoms. The monoisotopic (exact) mass is 573 g/mol. The van der Waals surface area contributed by atoms with Crippen molar-refractivity contribution in [2.24, 2.45) is 23.2 Å². The second kappa shape index (κ2) is 14.9. The van der Waals surface area contributed by atoms with Crippen molar-refractivity contribution in [1.82, 2.24) is 4.90 Å². The molecular weight excluding hydrogens is 513 g/mol. The van der Waals surface area contributed by atoms with E-state index in [2.05, 4.69) is 25.7 Å². The van der Waals surface area contributed by atoms with Crippen LogP contribution >= 0.6 is 0 Å². The van der Waals surface area contributed by atoms with Crippen LogP contribution in [-0.2, 0) is 28.5 Å². The molecule has 1 aliphatic rings. The Hall–Kier alpha value is -1.09. The highest BCUT2D eigenvalue weighted by atomic mass is 19.1. The number of hydrogen-bond acceptors (Lipinski definition) is 7. The Balaban J connectivity index is 3.36. The topological polar surface area (TPSA) is 74.3 Å². The third-order valence-electron chi connectivity index (χ3n) is 9.78. The highest BCUT2D eigenvalue weighted by Gasteiger charge is 2.53. The predicted molar refractivity (Wildman–Crippen MR) is 158 cm³/mol. The number of esters is 1. The van der Waals surface area contributed by atoms with Crippen LogP contribution in [0, 0.1) is 23.2 Å². The van der Waals surface area contributed by atoms with Crippen molar-refractivity contribution in [3.8, 4) is 0 Å². The van der Waals surface area contributed by atoms with Gasteiger partial charge in [0, 0.05) is 30.4 Å². The smallest absolute Gasteiger partial charge is 0.351 e. The van der Waals surface area contributed by atoms with Gasteiger partial charge < -0.3 is 23.8 Å². The van der Waals surface area contributed by atoms with Crippen LogP contribution in [0.1, 0.15) is 108 Å². The van der Waals surface area contributed by atoms with Crippen LogP contribution in [0.15, 0.2) is 0 Å². The summed E-state index contributed by atoms with van der Waals surface area (Å²) in [6.07, 6.45) is 1.55. The summed E-state index contributed by atoms with van der Waals surface area (Å²) in [6, 6.07) is 0.210. The number of carbonyl (C=O) groups excluding carboxylic acids is 2. The van der Waals surface area contributed by atoms with E-state index in [1.54, 1.807) is 14.0 Å². The van der Waals surface area contributed by atoms with Gasteiger partial charge >= 0.3 is 5.97 Å². The van der Waals surface area contributed by atoms with Crippen molar-refractivity contribution in [3.63, 3.8) is 0 Å². The van der Waals surface area contributed by atoms with E-state index in [-0.39, 0.29) is 29.4 Å². The molecule has 1 heterocycles. The zero-order valence-corrected chi connectivity index (χ0v) is 27.9. The molecule has 0 radical (unpaired) electrons. The second-order valence-corrected chi connectivity index (χ2v) is 13.4. The van der Waals surface area contributed by atoms with Crippen LogP contribution in [-0.4, -0.2) is 79.8 Å². The fourth-order valence-electron chi connectivity index (χ4n) is 6.28. The van der Waals surface area contributed by atoms with Crippen LogP contribution in [0.2, 0.25) is 0 Å². The highest BCUT2D eigenvalue weighted by Crippen LogP contribution is 2.39. The number of hydrogen-bond donors (Lipinski definition) is 0. The van der Waals surface area contributed by atoms with E-state index in [9.17, 15) is 9.59 Å². The molecule has 7 nitrogen and oxygen atoms in total. The lowest BCUT2D eigenvalue weighted by Gasteiger charge is -2.47. The van der Waals surface area contributed by atoms with Crippen molar-refractivity contribution in [3.05, 3.63) is 0 Å². The van der Waals surface area contributed by atoms with E-state index in [4.69, 9.17) is 18.9 Å². The number of methoxy groups -OCH3 is 1. The number of ether oxygens (including phenoxy) is 4. The number of alkyl halides is 1. The fourth-order valence-corrected chi connectivity index (χ4v) is 6.28. The first-order chi connectivity index (χ1) is 18.3. The van der Waals surface area contributed by atoms with Gasteiger partial charge in [-0.15, -0.1) is 0 Å². The molecule has 0 N–H and O–H groups in total. The number of halogens is 1. The zero-order chi connectivity index (χ0) is 31.2. The Bertz CT molecular complexity index is 817. The Morgan fingerprint density at radius 2 is 1.62 bits per heavy atom. The molecule has 236 valence electrons. The average Bonchev–Trinajstić information content (AvgIpc) is 2.89. The number of rotatable bonds is 16. The Morgan fingerprint density at radius 3 is 2.08 bits per heavy atom. The third kappa shape index (κ3) is 8.26. The average molecular weight is 574 g/mol. The lowest BCUT2D eigenvalue weighted by molar-refractivity contribution is -0.280. The minimum absolute atomic E-state index is 0.00596. The predicted octanol–water partition coefficient (Wildman–Crippen LogP) is 6.61. The maximum Gasteiger partial charge on any atom is 0.351 e. The Kier molecular flexibility index (Phi) is 13.7. The van der Waals surface area contributed by atoms with Gasteiger partial charge in [-0.2, -0.15) is 0 Å². The maximum atomic E-state index is 16.3. The van der Waals surface area contributed by atoms with Gasteiger partial charge in [-0.25, -0.2) is 9.18 Å². The van der Waals surface area contributed by atoms with Crippen LogP contribution in [0.5, 0.6) is 0 Å². The first-order valence-corrected chi connectivity index (χ1v) is 15.3. The summed E-state index contributed by atoms with van der Waals surface area (Å²) in [4.78, 5) is 29.3. The second-order valence-electron chi connectivity index (χ2n) is 13.4. The van der Waals surface area contributed by atoms with Crippen molar-refractivity contribution >= 4 is 11.8 Å². The van der Waals surface area contributed by atoms with Crippen molar-refractivity contribution < 1.29 is 32.9 Å². The standard InChI is InChI=1S/C32H60FNO6/c1-15-18-31(10,37-14)27(40-28-22(6)24(34(12)13)19-21(5)38-28)23(7)26(35)32(11,33)29(36)39-25(17-3)30(8,9)20(4)16-2/h20-25,27-28H,15-19H2,1-14H3/t20-,21-,22-,23+,24+,25-,27-,28+,31+,32+/m1/s1. The van der Waals surface area contributed by atoms with E-state index in [1.807, 2.05) is 55.6 Å². The summed E-state index contributed by atoms with van der Waals surface area (Å²) < 4.78 is 40.8. The molecule has 0 aliphatic carbocycles. The SMILES string of the molecule is CCC[C@](C)(OC)[C@H](O[C@@H]1O[C@H](C)C[C@H](N(C)C)[C@H]1C)[C@@H](C)C(=O)[C@](C)(F)C(=O)O[C@H](CC)C(C)(C)[C@H](C)CC. The summed E-state index contributed by atoms with van der Waals surface area (Å²) >= 11 is 0. The molecule has 0 bridgehead atoms. The van der Waals surface area contributed by atoms with Gasteiger partial charge in [0.1, 0.15) is 6.10 Å². The van der Waals surface area contributed by atoms with E-state index >= 15 is 4.39 Å². The van der Waals surface area contributed by atoms with Crippen LogP contribution in [0.3, 0.4) is 0 Å². The van der Waals surface area contributed by atoms with Crippen molar-refractivity contribution in [2.45, 2.75) is 150 Å². The lowest BCUT2D eigenvalue weighted by atomic mass is 9.73. The maximum absolute atomic E-state index is 16.3. The molecule has 0 unspecified atom stereocenters. The van der Waals surface area contributed by atoms with Gasteiger partial charge in [0.25, 0.3) is 5.67 Å². The molecule has 1 aliphatic heterocycles. The summed E-state index contributed by atoms with van der Waals surface area (Å²) in [5.41, 5.74) is -4.13. The van der Waals surface area contributed by atoms with E-state index in [1.165, 1.54) is 0 Å². The van der Waals surface area contributed by atoms with Gasteiger partial charge in [-0.3, -0.25) is 4.79 Å². The molecule has 0 aromatic heterocycles. The fraction of sp³-hybridized carbons (Fsp3) is 0.938. The van der Waals surface area contributed by atoms with Gasteiger partial charge in [0.05, 0.1) is 17.8 Å². The number of carbonyl (C=O) groups is 2. The van der Waals surface area contributed by atoms with E-state index < -0.39 is 47.4 Å². The van der Waals surface area contributed by atoms with Gasteiger partial charge in [-0.1, -0.05) is 68.2 Å². The molecule has 1 saturated heterocycles. The molecule has 1 fully saturated rings. The first kappa shape index (κ1) is 36.9. The van der Waals surface area contributed by atoms with Crippen LogP contribution in [0.25, 0.3) is 0 Å². The number of Topliss-reactive ketones (excluding diaryl/α,β-unsaturated/α-hetero) is 1. The van der Waals surface area contributed by atoms with Gasteiger partial charge in [0.15, 0.2) is 12.1 Å². The van der Waals surface area contributed by atoms with Crippen LogP contribution in [0.4, 0.5) is 4.39 Å². The summed E-state index contributed by atoms with van der Waals surface area (Å²) in [7, 11) is 5.64. The summed E-state index contributed by atoms with van der Waals surface area (Å²) in [5, 5.41) is 0. The molecule has 10 atom stereocenters. The quantitative estimate of drug-likeness (QED) is 0.152. The first-order valence-electron chi connectivity index (χ1n) is 15.3. The highest BCUT2D eigenvalue weighted by molar-refractivity contribution is 6.07. The summed E-state index contributed by atoms with van der Waals surface area (Å²) in [6.45, 7) is 20.7. The summed E-state index contributed by atoms with van der Waals surface area (Å²) in [5.74, 6) is -2.80. The normalized spacial score (nSPS) is 28.2. The molecule has 0 aromatic rings. The molecular formula is C32H60FNO6. The molecule has 40 heavy (non-hydrogen) atoms. The minimum Gasteiger partial charge on any atom is -0.459 e.